The molecule has 0 saturated carbocycles. The van der Waals surface area contributed by atoms with Crippen LogP contribution in [0.15, 0.2) is 42.5 Å². The van der Waals surface area contributed by atoms with Gasteiger partial charge in [-0.1, -0.05) is 23.8 Å². The van der Waals surface area contributed by atoms with Gasteiger partial charge in [0.1, 0.15) is 17.9 Å². The van der Waals surface area contributed by atoms with Crippen molar-refractivity contribution in [3.8, 4) is 5.75 Å². The highest BCUT2D eigenvalue weighted by Crippen LogP contribution is 2.22. The third-order valence-electron chi connectivity index (χ3n) is 3.31. The van der Waals surface area contributed by atoms with Gasteiger partial charge >= 0.3 is 11.9 Å². The van der Waals surface area contributed by atoms with Gasteiger partial charge in [-0.25, -0.2) is 9.59 Å². The van der Waals surface area contributed by atoms with E-state index in [4.69, 9.17) is 9.47 Å². The van der Waals surface area contributed by atoms with Crippen molar-refractivity contribution in [2.24, 2.45) is 0 Å². The molecular weight excluding hydrogens is 296 g/mol. The van der Waals surface area contributed by atoms with Crippen LogP contribution in [0, 0.1) is 6.92 Å². The number of hydrogen-bond acceptors (Lipinski definition) is 5. The first-order valence-electron chi connectivity index (χ1n) is 7.04. The number of methoxy groups -OCH3 is 2. The second-order valence-corrected chi connectivity index (χ2v) is 4.97. The van der Waals surface area contributed by atoms with Gasteiger partial charge in [-0.2, -0.15) is 0 Å². The summed E-state index contributed by atoms with van der Waals surface area (Å²) >= 11 is 0. The molecule has 0 radical (unpaired) electrons. The lowest BCUT2D eigenvalue weighted by molar-refractivity contribution is 0.0588. The first-order valence-corrected chi connectivity index (χ1v) is 7.04. The second kappa shape index (κ2) is 7.45. The molecule has 2 aromatic carbocycles. The summed E-state index contributed by atoms with van der Waals surface area (Å²) in [6.45, 7) is 2.16. The van der Waals surface area contributed by atoms with E-state index in [2.05, 4.69) is 4.74 Å². The molecule has 0 saturated heterocycles. The van der Waals surface area contributed by atoms with Crippen LogP contribution in [-0.4, -0.2) is 26.2 Å². The van der Waals surface area contributed by atoms with Gasteiger partial charge in [0.15, 0.2) is 0 Å². The zero-order valence-electron chi connectivity index (χ0n) is 13.3. The molecule has 0 aliphatic carbocycles. The maximum Gasteiger partial charge on any atom is 0.341 e. The lowest BCUT2D eigenvalue weighted by Crippen LogP contribution is -2.06. The van der Waals surface area contributed by atoms with Gasteiger partial charge in [-0.3, -0.25) is 0 Å². The third kappa shape index (κ3) is 4.10. The van der Waals surface area contributed by atoms with E-state index in [1.165, 1.54) is 14.2 Å². The van der Waals surface area contributed by atoms with Gasteiger partial charge in [0.05, 0.1) is 19.8 Å². The number of carbonyl (C=O) groups is 2. The van der Waals surface area contributed by atoms with Gasteiger partial charge in [-0.15, -0.1) is 0 Å². The lowest BCUT2D eigenvalue weighted by atomic mass is 10.1. The summed E-state index contributed by atoms with van der Waals surface area (Å²) in [5, 5.41) is 0. The minimum absolute atomic E-state index is 0.272. The predicted molar refractivity (Wildman–Crippen MR) is 84.6 cm³/mol. The van der Waals surface area contributed by atoms with Crippen molar-refractivity contribution in [2.45, 2.75) is 13.5 Å². The molecule has 0 bridgehead atoms. The van der Waals surface area contributed by atoms with Crippen LogP contribution in [0.3, 0.4) is 0 Å². The van der Waals surface area contributed by atoms with Crippen LogP contribution in [-0.2, 0) is 16.1 Å². The van der Waals surface area contributed by atoms with E-state index in [1.54, 1.807) is 36.4 Å². The van der Waals surface area contributed by atoms with Crippen LogP contribution in [0.1, 0.15) is 31.8 Å². The number of rotatable bonds is 5. The molecule has 120 valence electrons. The summed E-state index contributed by atoms with van der Waals surface area (Å²) < 4.78 is 15.1. The van der Waals surface area contributed by atoms with Crippen molar-refractivity contribution in [3.63, 3.8) is 0 Å². The summed E-state index contributed by atoms with van der Waals surface area (Å²) in [5.74, 6) is -0.367. The highest BCUT2D eigenvalue weighted by molar-refractivity contribution is 5.92. The molecular formula is C18H18O5. The molecule has 0 aromatic heterocycles. The van der Waals surface area contributed by atoms with E-state index >= 15 is 0 Å². The van der Waals surface area contributed by atoms with Gasteiger partial charge < -0.3 is 14.2 Å². The molecule has 0 N–H and O–H groups in total. The number of aryl methyl sites for hydroxylation is 1. The Morgan fingerprint density at radius 1 is 0.913 bits per heavy atom. The number of esters is 2. The molecule has 5 nitrogen and oxygen atoms in total. The van der Waals surface area contributed by atoms with Gasteiger partial charge in [-0.05, 0) is 36.8 Å². The second-order valence-electron chi connectivity index (χ2n) is 4.97. The molecule has 2 rings (SSSR count). The van der Waals surface area contributed by atoms with Crippen LogP contribution in [0.4, 0.5) is 0 Å². The first kappa shape index (κ1) is 16.5. The summed E-state index contributed by atoms with van der Waals surface area (Å²) in [7, 11) is 2.67. The lowest BCUT2D eigenvalue weighted by Gasteiger charge is -2.11. The monoisotopic (exact) mass is 314 g/mol. The average Bonchev–Trinajstić information content (AvgIpc) is 2.59. The average molecular weight is 314 g/mol. The fraction of sp³-hybridized carbons (Fsp3) is 0.222. The van der Waals surface area contributed by atoms with E-state index < -0.39 is 5.97 Å². The standard InChI is InChI=1S/C18H18O5/c1-12-4-9-16(15(10-12)18(20)22-3)23-11-13-5-7-14(8-6-13)17(19)21-2/h4-10H,11H2,1-3H3. The van der Waals surface area contributed by atoms with E-state index in [0.29, 0.717) is 16.9 Å². The van der Waals surface area contributed by atoms with Crippen LogP contribution >= 0.6 is 0 Å². The molecule has 0 fully saturated rings. The fourth-order valence-corrected chi connectivity index (χ4v) is 2.06. The SMILES string of the molecule is COC(=O)c1ccc(COc2ccc(C)cc2C(=O)OC)cc1. The summed E-state index contributed by atoms with van der Waals surface area (Å²) in [5.41, 5.74) is 2.68. The number of benzene rings is 2. The van der Waals surface area contributed by atoms with Crippen molar-refractivity contribution in [1.29, 1.82) is 0 Å². The number of carbonyl (C=O) groups excluding carboxylic acids is 2. The molecule has 0 atom stereocenters. The highest BCUT2D eigenvalue weighted by Gasteiger charge is 2.13. The topological polar surface area (TPSA) is 61.8 Å². The Kier molecular flexibility index (Phi) is 5.36. The quantitative estimate of drug-likeness (QED) is 0.793. The summed E-state index contributed by atoms with van der Waals surface area (Å²) in [6.07, 6.45) is 0. The minimum Gasteiger partial charge on any atom is -0.488 e. The van der Waals surface area contributed by atoms with Crippen LogP contribution in [0.25, 0.3) is 0 Å². The summed E-state index contributed by atoms with van der Waals surface area (Å²) in [6, 6.07) is 12.2. The molecule has 0 aliphatic heterocycles. The Morgan fingerprint density at radius 3 is 2.17 bits per heavy atom. The van der Waals surface area contributed by atoms with Crippen LogP contribution in [0.5, 0.6) is 5.75 Å². The maximum atomic E-state index is 11.8. The van der Waals surface area contributed by atoms with Gasteiger partial charge in [0.2, 0.25) is 0 Å². The van der Waals surface area contributed by atoms with Crippen LogP contribution in [0.2, 0.25) is 0 Å². The Balaban J connectivity index is 2.12. The molecule has 0 unspecified atom stereocenters. The third-order valence-corrected chi connectivity index (χ3v) is 3.31. The molecule has 0 aliphatic rings. The Morgan fingerprint density at radius 2 is 1.57 bits per heavy atom. The van der Waals surface area contributed by atoms with E-state index in [0.717, 1.165) is 11.1 Å². The molecule has 2 aromatic rings. The summed E-state index contributed by atoms with van der Waals surface area (Å²) in [4.78, 5) is 23.2. The van der Waals surface area contributed by atoms with E-state index in [1.807, 2.05) is 13.0 Å². The molecule has 0 heterocycles. The predicted octanol–water partition coefficient (Wildman–Crippen LogP) is 3.15. The first-order chi connectivity index (χ1) is 11.0. The van der Waals surface area contributed by atoms with E-state index in [9.17, 15) is 9.59 Å². The van der Waals surface area contributed by atoms with Crippen molar-refractivity contribution in [3.05, 3.63) is 64.7 Å². The minimum atomic E-state index is -0.440. The van der Waals surface area contributed by atoms with Crippen molar-refractivity contribution in [1.82, 2.24) is 0 Å². The zero-order chi connectivity index (χ0) is 16.8. The normalized spacial score (nSPS) is 10.0. The van der Waals surface area contributed by atoms with Gasteiger partial charge in [0.25, 0.3) is 0 Å². The number of ether oxygens (including phenoxy) is 3. The van der Waals surface area contributed by atoms with E-state index in [-0.39, 0.29) is 12.6 Å². The largest absolute Gasteiger partial charge is 0.488 e. The highest BCUT2D eigenvalue weighted by atomic mass is 16.5. The Labute approximate surface area is 134 Å². The fourth-order valence-electron chi connectivity index (χ4n) is 2.06. The molecule has 5 heteroatoms. The maximum absolute atomic E-state index is 11.8. The van der Waals surface area contributed by atoms with Crippen molar-refractivity contribution in [2.75, 3.05) is 14.2 Å². The van der Waals surface area contributed by atoms with Gasteiger partial charge in [0, 0.05) is 0 Å². The molecule has 23 heavy (non-hydrogen) atoms. The Bertz CT molecular complexity index is 704. The molecule has 0 amide bonds. The van der Waals surface area contributed by atoms with Crippen molar-refractivity contribution >= 4 is 11.9 Å². The van der Waals surface area contributed by atoms with Crippen molar-refractivity contribution < 1.29 is 23.8 Å². The zero-order valence-corrected chi connectivity index (χ0v) is 13.3. The van der Waals surface area contributed by atoms with Crippen LogP contribution < -0.4 is 4.74 Å². The number of hydrogen-bond donors (Lipinski definition) is 0. The molecule has 0 spiro atoms. The smallest absolute Gasteiger partial charge is 0.341 e. The Hall–Kier alpha value is -2.82.